The molecular weight excluding hydrogens is 269 g/mol. The van der Waals surface area contributed by atoms with Gasteiger partial charge in [-0.1, -0.05) is 18.0 Å². The van der Waals surface area contributed by atoms with E-state index in [0.29, 0.717) is 23.3 Å². The molecule has 1 aliphatic carbocycles. The first-order valence-electron chi connectivity index (χ1n) is 7.46. The van der Waals surface area contributed by atoms with Gasteiger partial charge in [-0.15, -0.1) is 0 Å². The third-order valence-electron chi connectivity index (χ3n) is 4.31. The molecule has 0 spiro atoms. The second-order valence-corrected chi connectivity index (χ2v) is 5.71. The maximum Gasteiger partial charge on any atom is 0.231 e. The number of likely N-dealkylation sites (N-methyl/N-ethyl adjacent to an activating group) is 1. The predicted octanol–water partition coefficient (Wildman–Crippen LogP) is 3.43. The van der Waals surface area contributed by atoms with Gasteiger partial charge in [-0.25, -0.2) is 4.39 Å². The highest BCUT2D eigenvalue weighted by molar-refractivity contribution is 5.55. The Balaban J connectivity index is 1.86. The summed E-state index contributed by atoms with van der Waals surface area (Å²) in [5.41, 5.74) is 1.38. The molecule has 0 radical (unpaired) electrons. The Morgan fingerprint density at radius 2 is 2.10 bits per heavy atom. The van der Waals surface area contributed by atoms with Gasteiger partial charge in [0, 0.05) is 11.6 Å². The summed E-state index contributed by atoms with van der Waals surface area (Å²) in [6, 6.07) is 5.27. The number of nitrogens with one attached hydrogen (secondary N) is 1. The van der Waals surface area contributed by atoms with Crippen molar-refractivity contribution in [2.45, 2.75) is 44.6 Å². The van der Waals surface area contributed by atoms with E-state index in [4.69, 9.17) is 4.52 Å². The zero-order valence-electron chi connectivity index (χ0n) is 12.4. The molecule has 1 heterocycles. The molecule has 0 saturated heterocycles. The Labute approximate surface area is 123 Å². The Kier molecular flexibility index (Phi) is 4.01. The van der Waals surface area contributed by atoms with Crippen LogP contribution in [0.5, 0.6) is 0 Å². The lowest BCUT2D eigenvalue weighted by Gasteiger charge is -2.28. The van der Waals surface area contributed by atoms with Gasteiger partial charge in [-0.2, -0.15) is 4.98 Å². The van der Waals surface area contributed by atoms with Crippen LogP contribution in [-0.4, -0.2) is 23.2 Å². The van der Waals surface area contributed by atoms with Gasteiger partial charge in [0.15, 0.2) is 0 Å². The van der Waals surface area contributed by atoms with E-state index in [1.807, 2.05) is 7.05 Å². The summed E-state index contributed by atoms with van der Waals surface area (Å²) < 4.78 is 18.8. The molecule has 1 aliphatic rings. The molecule has 1 N–H and O–H groups in total. The fraction of sp³-hybridized carbons (Fsp3) is 0.500. The van der Waals surface area contributed by atoms with Crippen LogP contribution in [0, 0.1) is 12.7 Å². The molecule has 0 bridgehead atoms. The average Bonchev–Trinajstić information content (AvgIpc) is 2.99. The summed E-state index contributed by atoms with van der Waals surface area (Å²) in [4.78, 5) is 4.53. The molecule has 2 atom stereocenters. The minimum atomic E-state index is -0.218. The van der Waals surface area contributed by atoms with Crippen LogP contribution in [0.25, 0.3) is 11.4 Å². The van der Waals surface area contributed by atoms with Gasteiger partial charge in [0.05, 0.1) is 5.92 Å². The van der Waals surface area contributed by atoms with Crippen molar-refractivity contribution < 1.29 is 8.91 Å². The number of halogens is 1. The van der Waals surface area contributed by atoms with E-state index in [2.05, 4.69) is 15.5 Å². The molecule has 21 heavy (non-hydrogen) atoms. The molecule has 1 aromatic carbocycles. The Morgan fingerprint density at radius 1 is 1.29 bits per heavy atom. The van der Waals surface area contributed by atoms with Crippen molar-refractivity contribution >= 4 is 0 Å². The molecule has 2 aromatic rings. The SMILES string of the molecule is CNC1CCCCC1c1nc(-c2ccc(F)c(C)c2)no1. The van der Waals surface area contributed by atoms with Gasteiger partial charge in [0.25, 0.3) is 0 Å². The van der Waals surface area contributed by atoms with Crippen molar-refractivity contribution in [2.24, 2.45) is 0 Å². The van der Waals surface area contributed by atoms with Gasteiger partial charge >= 0.3 is 0 Å². The highest BCUT2D eigenvalue weighted by Gasteiger charge is 2.30. The maximum absolute atomic E-state index is 13.3. The van der Waals surface area contributed by atoms with Crippen LogP contribution >= 0.6 is 0 Å². The van der Waals surface area contributed by atoms with Crippen molar-refractivity contribution in [3.05, 3.63) is 35.5 Å². The lowest BCUT2D eigenvalue weighted by Crippen LogP contribution is -2.34. The summed E-state index contributed by atoms with van der Waals surface area (Å²) in [5, 5.41) is 7.41. The molecule has 4 nitrogen and oxygen atoms in total. The molecule has 1 aromatic heterocycles. The van der Waals surface area contributed by atoms with Crippen LogP contribution in [0.15, 0.2) is 22.7 Å². The number of rotatable bonds is 3. The van der Waals surface area contributed by atoms with Crippen molar-refractivity contribution in [3.8, 4) is 11.4 Å². The van der Waals surface area contributed by atoms with Crippen molar-refractivity contribution in [3.63, 3.8) is 0 Å². The number of nitrogens with zero attached hydrogens (tertiary/aromatic N) is 2. The largest absolute Gasteiger partial charge is 0.339 e. The minimum absolute atomic E-state index is 0.218. The van der Waals surface area contributed by atoms with Crippen molar-refractivity contribution in [1.29, 1.82) is 0 Å². The molecule has 0 aliphatic heterocycles. The fourth-order valence-corrected chi connectivity index (χ4v) is 3.06. The molecular formula is C16H20FN3O. The highest BCUT2D eigenvalue weighted by Crippen LogP contribution is 2.33. The second-order valence-electron chi connectivity index (χ2n) is 5.71. The van der Waals surface area contributed by atoms with Crippen LogP contribution in [0.2, 0.25) is 0 Å². The number of hydrogen-bond acceptors (Lipinski definition) is 4. The Hall–Kier alpha value is -1.75. The monoisotopic (exact) mass is 289 g/mol. The fourth-order valence-electron chi connectivity index (χ4n) is 3.06. The van der Waals surface area contributed by atoms with Gasteiger partial charge in [-0.05, 0) is 50.6 Å². The Bertz CT molecular complexity index is 626. The number of hydrogen-bond donors (Lipinski definition) is 1. The van der Waals surface area contributed by atoms with E-state index in [0.717, 1.165) is 18.4 Å². The van der Waals surface area contributed by atoms with E-state index < -0.39 is 0 Å². The van der Waals surface area contributed by atoms with Crippen molar-refractivity contribution in [2.75, 3.05) is 7.05 Å². The topological polar surface area (TPSA) is 51.0 Å². The summed E-state index contributed by atoms with van der Waals surface area (Å²) in [6.45, 7) is 1.73. The van der Waals surface area contributed by atoms with Crippen LogP contribution in [0.3, 0.4) is 0 Å². The first-order chi connectivity index (χ1) is 10.2. The van der Waals surface area contributed by atoms with E-state index >= 15 is 0 Å². The minimum Gasteiger partial charge on any atom is -0.339 e. The second kappa shape index (κ2) is 5.93. The lowest BCUT2D eigenvalue weighted by atomic mass is 9.84. The third-order valence-corrected chi connectivity index (χ3v) is 4.31. The standard InChI is InChI=1S/C16H20FN3O/c1-10-9-11(7-8-13(10)17)15-19-16(21-20-15)12-5-3-4-6-14(12)18-2/h7-9,12,14,18H,3-6H2,1-2H3. The van der Waals surface area contributed by atoms with E-state index in [9.17, 15) is 4.39 Å². The summed E-state index contributed by atoms with van der Waals surface area (Å²) in [5.74, 6) is 1.27. The van der Waals surface area contributed by atoms with Gasteiger partial charge in [0.2, 0.25) is 11.7 Å². The molecule has 3 rings (SSSR count). The molecule has 0 amide bonds. The normalized spacial score (nSPS) is 22.4. The predicted molar refractivity (Wildman–Crippen MR) is 78.5 cm³/mol. The van der Waals surface area contributed by atoms with Crippen LogP contribution in [0.4, 0.5) is 4.39 Å². The van der Waals surface area contributed by atoms with E-state index in [-0.39, 0.29) is 11.7 Å². The number of benzene rings is 1. The molecule has 1 saturated carbocycles. The first kappa shape index (κ1) is 14.2. The maximum atomic E-state index is 13.3. The van der Waals surface area contributed by atoms with Gasteiger partial charge in [0.1, 0.15) is 5.82 Å². The molecule has 1 fully saturated rings. The van der Waals surface area contributed by atoms with Gasteiger partial charge in [-0.3, -0.25) is 0 Å². The van der Waals surface area contributed by atoms with Gasteiger partial charge < -0.3 is 9.84 Å². The molecule has 5 heteroatoms. The van der Waals surface area contributed by atoms with Crippen LogP contribution < -0.4 is 5.32 Å². The summed E-state index contributed by atoms with van der Waals surface area (Å²) in [6.07, 6.45) is 4.63. The smallest absolute Gasteiger partial charge is 0.231 e. The highest BCUT2D eigenvalue weighted by atomic mass is 19.1. The molecule has 2 unspecified atom stereocenters. The summed E-state index contributed by atoms with van der Waals surface area (Å²) in [7, 11) is 1.98. The molecule has 112 valence electrons. The van der Waals surface area contributed by atoms with Crippen LogP contribution in [-0.2, 0) is 0 Å². The number of aromatic nitrogens is 2. The van der Waals surface area contributed by atoms with Crippen molar-refractivity contribution in [1.82, 2.24) is 15.5 Å². The van der Waals surface area contributed by atoms with E-state index in [1.54, 1.807) is 19.1 Å². The zero-order chi connectivity index (χ0) is 14.8. The van der Waals surface area contributed by atoms with E-state index in [1.165, 1.54) is 18.9 Å². The number of aryl methyl sites for hydroxylation is 1. The average molecular weight is 289 g/mol. The lowest BCUT2D eigenvalue weighted by molar-refractivity contribution is 0.270. The summed E-state index contributed by atoms with van der Waals surface area (Å²) >= 11 is 0. The zero-order valence-corrected chi connectivity index (χ0v) is 12.4. The third kappa shape index (κ3) is 2.83. The quantitative estimate of drug-likeness (QED) is 0.940. The van der Waals surface area contributed by atoms with Crippen LogP contribution in [0.1, 0.15) is 43.1 Å². The first-order valence-corrected chi connectivity index (χ1v) is 7.46. The Morgan fingerprint density at radius 3 is 2.86 bits per heavy atom.